The van der Waals surface area contributed by atoms with Gasteiger partial charge in [-0.25, -0.2) is 0 Å². The van der Waals surface area contributed by atoms with Crippen LogP contribution in [0.25, 0.3) is 0 Å². The molecule has 3 aliphatic rings. The van der Waals surface area contributed by atoms with Crippen molar-refractivity contribution in [2.45, 2.75) is 259 Å². The Bertz CT molecular complexity index is 1610. The van der Waals surface area contributed by atoms with Crippen LogP contribution in [0.1, 0.15) is 155 Å². The van der Waals surface area contributed by atoms with Crippen LogP contribution in [0.5, 0.6) is 0 Å². The molecule has 3 saturated heterocycles. The molecule has 0 spiro atoms. The number of nitrogens with one attached hydrogen (secondary N) is 1. The number of ether oxygens (including phenoxy) is 6. The zero-order chi connectivity index (χ0) is 54.8. The lowest BCUT2D eigenvalue weighted by Crippen LogP contribution is -2.66. The van der Waals surface area contributed by atoms with Crippen molar-refractivity contribution in [1.29, 1.82) is 0 Å². The molecule has 19 nitrogen and oxygen atoms in total. The van der Waals surface area contributed by atoms with Gasteiger partial charge in [-0.05, 0) is 51.4 Å². The van der Waals surface area contributed by atoms with Crippen molar-refractivity contribution in [2.75, 3.05) is 26.4 Å². The normalized spacial score (nSPS) is 31.7. The molecule has 19 heteroatoms. The number of unbranched alkanes of at least 4 members (excludes halogenated alkanes) is 13. The highest BCUT2D eigenvalue weighted by Crippen LogP contribution is 2.33. The number of aliphatic hydroxyl groups is 11. The van der Waals surface area contributed by atoms with E-state index in [9.17, 15) is 61.0 Å². The van der Waals surface area contributed by atoms with Gasteiger partial charge in [0.1, 0.15) is 73.2 Å². The van der Waals surface area contributed by atoms with E-state index in [0.717, 1.165) is 51.4 Å². The number of amides is 1. The Morgan fingerprint density at radius 1 is 0.493 bits per heavy atom. The second kappa shape index (κ2) is 39.8. The Hall–Kier alpha value is -2.51. The van der Waals surface area contributed by atoms with Gasteiger partial charge in [-0.1, -0.05) is 158 Å². The maximum Gasteiger partial charge on any atom is 0.220 e. The molecule has 0 aromatic rings. The molecule has 3 heterocycles. The number of rotatable bonds is 39. The molecule has 1 amide bonds. The van der Waals surface area contributed by atoms with Crippen LogP contribution in [0.2, 0.25) is 0 Å². The van der Waals surface area contributed by atoms with Gasteiger partial charge in [-0.2, -0.15) is 0 Å². The monoisotopic (exact) mass is 1070 g/mol. The van der Waals surface area contributed by atoms with E-state index >= 15 is 0 Å². The van der Waals surface area contributed by atoms with Crippen molar-refractivity contribution >= 4 is 5.91 Å². The Balaban J connectivity index is 1.54. The fourth-order valence-corrected chi connectivity index (χ4v) is 9.23. The lowest BCUT2D eigenvalue weighted by molar-refractivity contribution is -0.379. The minimum Gasteiger partial charge on any atom is -0.394 e. The summed E-state index contributed by atoms with van der Waals surface area (Å²) in [5, 5.41) is 120. The first-order valence-electron chi connectivity index (χ1n) is 28.0. The summed E-state index contributed by atoms with van der Waals surface area (Å²) in [6.45, 7) is 1.59. The molecule has 75 heavy (non-hydrogen) atoms. The second-order valence-corrected chi connectivity index (χ2v) is 20.0. The molecule has 17 atom stereocenters. The van der Waals surface area contributed by atoms with Crippen LogP contribution >= 0.6 is 0 Å². The van der Waals surface area contributed by atoms with Crippen molar-refractivity contribution in [1.82, 2.24) is 5.32 Å². The van der Waals surface area contributed by atoms with Crippen LogP contribution in [0, 0.1) is 0 Å². The van der Waals surface area contributed by atoms with E-state index < -0.39 is 124 Å². The molecule has 3 aliphatic heterocycles. The first-order valence-corrected chi connectivity index (χ1v) is 28.0. The maximum atomic E-state index is 13.3. The minimum absolute atomic E-state index is 0.185. The average molecular weight is 1070 g/mol. The predicted molar refractivity (Wildman–Crippen MR) is 282 cm³/mol. The van der Waals surface area contributed by atoms with Crippen molar-refractivity contribution < 1.29 is 89.4 Å². The van der Waals surface area contributed by atoms with Crippen LogP contribution in [-0.2, 0) is 33.2 Å². The number of allylic oxidation sites excluding steroid dienone is 10. The van der Waals surface area contributed by atoms with E-state index in [0.29, 0.717) is 25.7 Å². The maximum absolute atomic E-state index is 13.3. The minimum atomic E-state index is -1.98. The Kier molecular flexibility index (Phi) is 35.4. The molecule has 0 saturated carbocycles. The van der Waals surface area contributed by atoms with Gasteiger partial charge < -0.3 is 89.9 Å². The summed E-state index contributed by atoms with van der Waals surface area (Å²) in [7, 11) is 0. The molecule has 0 radical (unpaired) electrons. The molecule has 0 aromatic carbocycles. The lowest BCUT2D eigenvalue weighted by atomic mass is 9.96. The highest BCUT2D eigenvalue weighted by molar-refractivity contribution is 5.76. The van der Waals surface area contributed by atoms with Gasteiger partial charge in [0.2, 0.25) is 5.91 Å². The average Bonchev–Trinajstić information content (AvgIpc) is 3.41. The van der Waals surface area contributed by atoms with Crippen LogP contribution < -0.4 is 5.32 Å². The lowest BCUT2D eigenvalue weighted by Gasteiger charge is -2.48. The van der Waals surface area contributed by atoms with Crippen molar-refractivity contribution in [3.63, 3.8) is 0 Å². The number of hydrogen-bond donors (Lipinski definition) is 12. The largest absolute Gasteiger partial charge is 0.394 e. The third kappa shape index (κ3) is 24.6. The van der Waals surface area contributed by atoms with Gasteiger partial charge in [0.25, 0.3) is 0 Å². The highest BCUT2D eigenvalue weighted by Gasteiger charge is 2.53. The fourth-order valence-electron chi connectivity index (χ4n) is 9.23. The van der Waals surface area contributed by atoms with Gasteiger partial charge in [-0.3, -0.25) is 4.79 Å². The van der Waals surface area contributed by atoms with Crippen LogP contribution in [-0.4, -0.2) is 193 Å². The zero-order valence-electron chi connectivity index (χ0n) is 44.8. The molecule has 3 fully saturated rings. The number of carbonyl (C=O) groups is 1. The van der Waals surface area contributed by atoms with E-state index in [1.807, 2.05) is 6.08 Å². The quantitative estimate of drug-likeness (QED) is 0.0309. The van der Waals surface area contributed by atoms with Gasteiger partial charge in [0.15, 0.2) is 18.9 Å². The summed E-state index contributed by atoms with van der Waals surface area (Å²) in [5.41, 5.74) is 0. The number of aliphatic hydroxyl groups excluding tert-OH is 11. The van der Waals surface area contributed by atoms with E-state index in [2.05, 4.69) is 73.8 Å². The summed E-state index contributed by atoms with van der Waals surface area (Å²) < 4.78 is 34.2. The van der Waals surface area contributed by atoms with Crippen LogP contribution in [0.15, 0.2) is 60.8 Å². The molecule has 3 rings (SSSR count). The third-order valence-electron chi connectivity index (χ3n) is 13.9. The molecule has 0 aliphatic carbocycles. The molecule has 17 unspecified atom stereocenters. The Morgan fingerprint density at radius 2 is 0.907 bits per heavy atom. The van der Waals surface area contributed by atoms with Crippen LogP contribution in [0.3, 0.4) is 0 Å². The van der Waals surface area contributed by atoms with Crippen LogP contribution in [0.4, 0.5) is 0 Å². The topological polar surface area (TPSA) is 307 Å². The zero-order valence-corrected chi connectivity index (χ0v) is 44.8. The van der Waals surface area contributed by atoms with Crippen molar-refractivity contribution in [3.05, 3.63) is 60.8 Å². The van der Waals surface area contributed by atoms with Gasteiger partial charge >= 0.3 is 0 Å². The van der Waals surface area contributed by atoms with Gasteiger partial charge in [0.05, 0.1) is 38.6 Å². The first-order chi connectivity index (χ1) is 36.3. The molecule has 12 N–H and O–H groups in total. The summed E-state index contributed by atoms with van der Waals surface area (Å²) in [6, 6.07) is -0.918. The molecular formula is C56H97NO18. The summed E-state index contributed by atoms with van der Waals surface area (Å²) in [5.74, 6) is -0.303. The number of carbonyl (C=O) groups excluding carboxylic acids is 1. The Morgan fingerprint density at radius 3 is 1.39 bits per heavy atom. The third-order valence-corrected chi connectivity index (χ3v) is 13.9. The summed E-state index contributed by atoms with van der Waals surface area (Å²) in [4.78, 5) is 13.3. The van der Waals surface area contributed by atoms with Gasteiger partial charge in [-0.15, -0.1) is 0 Å². The molecular weight excluding hydrogens is 975 g/mol. The summed E-state index contributed by atoms with van der Waals surface area (Å²) in [6.07, 6.45) is 16.1. The summed E-state index contributed by atoms with van der Waals surface area (Å²) >= 11 is 0. The first kappa shape index (κ1) is 66.8. The molecule has 0 aromatic heterocycles. The van der Waals surface area contributed by atoms with Gasteiger partial charge in [0, 0.05) is 6.42 Å². The number of hydrogen-bond acceptors (Lipinski definition) is 18. The molecule has 434 valence electrons. The van der Waals surface area contributed by atoms with E-state index in [1.54, 1.807) is 0 Å². The van der Waals surface area contributed by atoms with Crippen molar-refractivity contribution in [3.8, 4) is 0 Å². The smallest absolute Gasteiger partial charge is 0.220 e. The predicted octanol–water partition coefficient (Wildman–Crippen LogP) is 3.70. The fraction of sp³-hybridized carbons (Fsp3) is 0.804. The van der Waals surface area contributed by atoms with E-state index in [4.69, 9.17) is 28.4 Å². The van der Waals surface area contributed by atoms with Crippen molar-refractivity contribution in [2.24, 2.45) is 0 Å². The second-order valence-electron chi connectivity index (χ2n) is 20.0. The SMILES string of the molecule is CC/C=C\C/C=C\C/C=C\C/C=C\C/C=C\CCCC(=O)NC(COC1OC(CO)C(OC2OC(CO)C(OC3OC(CO)C(O)C(O)C3O)C(O)C2O)C(O)C1O)C(O)CCCCCCCCCCCCCCC. The molecule has 0 bridgehead atoms. The van der Waals surface area contributed by atoms with E-state index in [1.165, 1.54) is 57.8 Å². The standard InChI is InChI=1S/C56H97NO18/c1-3-5-7-9-11-13-15-17-18-19-20-22-24-26-28-30-32-34-44(62)57-39(40(61)33-31-29-27-25-23-21-16-14-12-10-8-6-4-2)38-70-54-50(68)47(65)52(42(36-59)72-54)75-56-51(69)48(66)53(43(37-60)73-56)74-55-49(67)46(64)45(63)41(35-58)71-55/h5,7,11,13,17-18,20,22,26,28,39-43,45-56,58-61,63-69H,3-4,6,8-10,12,14-16,19,21,23-25,27,29-38H2,1-2H3,(H,57,62)/b7-5-,13-11-,18-17-,22-20-,28-26-. The Labute approximate surface area is 445 Å². The highest BCUT2D eigenvalue weighted by atomic mass is 16.8. The van der Waals surface area contributed by atoms with E-state index in [-0.39, 0.29) is 18.9 Å².